The molecule has 0 fully saturated rings. The van der Waals surface area contributed by atoms with E-state index in [0.717, 1.165) is 12.1 Å². The van der Waals surface area contributed by atoms with Crippen LogP contribution in [-0.2, 0) is 10.0 Å². The predicted octanol–water partition coefficient (Wildman–Crippen LogP) is 2.73. The van der Waals surface area contributed by atoms with Crippen LogP contribution < -0.4 is 10.5 Å². The molecule has 0 aliphatic heterocycles. The minimum Gasteiger partial charge on any atom is -0.399 e. The van der Waals surface area contributed by atoms with E-state index < -0.39 is 20.7 Å². The summed E-state index contributed by atoms with van der Waals surface area (Å²) in [6.45, 7) is 0. The van der Waals surface area contributed by atoms with Crippen molar-refractivity contribution in [3.63, 3.8) is 0 Å². The molecule has 8 heteroatoms. The van der Waals surface area contributed by atoms with Crippen molar-refractivity contribution in [3.8, 4) is 6.07 Å². The fraction of sp³-hybridized carbons (Fsp3) is 0. The van der Waals surface area contributed by atoms with Crippen molar-refractivity contribution in [2.75, 3.05) is 10.5 Å². The van der Waals surface area contributed by atoms with Crippen molar-refractivity contribution in [1.82, 2.24) is 0 Å². The third-order valence-corrected chi connectivity index (χ3v) is 4.31. The van der Waals surface area contributed by atoms with E-state index in [-0.39, 0.29) is 22.0 Å². The molecule has 2 aromatic rings. The first-order valence-corrected chi connectivity index (χ1v) is 7.47. The first-order valence-electron chi connectivity index (χ1n) is 5.61. The number of rotatable bonds is 3. The van der Waals surface area contributed by atoms with Crippen LogP contribution in [0.1, 0.15) is 5.56 Å². The Hall–Kier alpha value is -2.30. The van der Waals surface area contributed by atoms with Crippen molar-refractivity contribution in [2.45, 2.75) is 4.90 Å². The van der Waals surface area contributed by atoms with E-state index in [0.29, 0.717) is 0 Å². The second-order valence-corrected chi connectivity index (χ2v) is 6.16. The zero-order valence-electron chi connectivity index (χ0n) is 10.5. The maximum atomic E-state index is 13.6. The molecule has 0 heterocycles. The number of hydrogen-bond acceptors (Lipinski definition) is 4. The summed E-state index contributed by atoms with van der Waals surface area (Å²) in [6, 6.07) is 9.04. The molecule has 0 atom stereocenters. The number of hydrogen-bond donors (Lipinski definition) is 2. The highest BCUT2D eigenvalue weighted by atomic mass is 35.5. The minimum absolute atomic E-state index is 0.0952. The summed E-state index contributed by atoms with van der Waals surface area (Å²) in [5.74, 6) is -0.925. The molecule has 0 aliphatic rings. The van der Waals surface area contributed by atoms with Gasteiger partial charge in [-0.05, 0) is 36.4 Å². The smallest absolute Gasteiger partial charge is 0.264 e. The number of nitrogens with two attached hydrogens (primary N) is 1. The number of benzene rings is 2. The molecular formula is C13H9ClFN3O2S. The zero-order valence-corrected chi connectivity index (χ0v) is 12.0. The fourth-order valence-corrected chi connectivity index (χ4v) is 2.93. The molecule has 0 aliphatic carbocycles. The first-order chi connectivity index (χ1) is 9.83. The van der Waals surface area contributed by atoms with Gasteiger partial charge in [0.25, 0.3) is 10.0 Å². The Morgan fingerprint density at radius 3 is 2.62 bits per heavy atom. The van der Waals surface area contributed by atoms with Gasteiger partial charge in [-0.15, -0.1) is 0 Å². The van der Waals surface area contributed by atoms with Gasteiger partial charge >= 0.3 is 0 Å². The van der Waals surface area contributed by atoms with Gasteiger partial charge in [0.2, 0.25) is 0 Å². The topological polar surface area (TPSA) is 96.0 Å². The maximum Gasteiger partial charge on any atom is 0.264 e. The van der Waals surface area contributed by atoms with E-state index in [2.05, 4.69) is 4.72 Å². The molecule has 3 N–H and O–H groups in total. The SMILES string of the molecule is N#Cc1cc(NS(=O)(=O)c2cc(N)ccc2F)ccc1Cl. The van der Waals surface area contributed by atoms with E-state index in [4.69, 9.17) is 22.6 Å². The number of halogens is 2. The Labute approximate surface area is 125 Å². The van der Waals surface area contributed by atoms with E-state index in [1.54, 1.807) is 0 Å². The molecule has 0 radical (unpaired) electrons. The van der Waals surface area contributed by atoms with Crippen molar-refractivity contribution < 1.29 is 12.8 Å². The molecule has 0 saturated heterocycles. The molecule has 0 amide bonds. The van der Waals surface area contributed by atoms with Crippen LogP contribution in [-0.4, -0.2) is 8.42 Å². The summed E-state index contributed by atoms with van der Waals surface area (Å²) in [7, 11) is -4.16. The molecule has 2 aromatic carbocycles. The van der Waals surface area contributed by atoms with Crippen LogP contribution >= 0.6 is 11.6 Å². The van der Waals surface area contributed by atoms with Crippen LogP contribution in [0.25, 0.3) is 0 Å². The molecule has 0 aromatic heterocycles. The quantitative estimate of drug-likeness (QED) is 0.848. The molecule has 5 nitrogen and oxygen atoms in total. The second-order valence-electron chi connectivity index (χ2n) is 4.10. The normalized spacial score (nSPS) is 10.9. The first kappa shape index (κ1) is 15.1. The highest BCUT2D eigenvalue weighted by Crippen LogP contribution is 2.24. The minimum atomic E-state index is -4.16. The van der Waals surface area contributed by atoms with E-state index in [9.17, 15) is 12.8 Å². The standard InChI is InChI=1S/C13H9ClFN3O2S/c14-11-3-2-10(5-8(11)7-16)18-21(19,20)13-6-9(17)1-4-12(13)15/h1-6,18H,17H2. The van der Waals surface area contributed by atoms with Gasteiger partial charge in [-0.25, -0.2) is 12.8 Å². The molecule has 2 rings (SSSR count). The lowest BCUT2D eigenvalue weighted by Gasteiger charge is -2.10. The summed E-state index contributed by atoms with van der Waals surface area (Å²) in [5, 5.41) is 9.04. The van der Waals surface area contributed by atoms with Crippen molar-refractivity contribution >= 4 is 33.0 Å². The number of anilines is 2. The third kappa shape index (κ3) is 3.24. The molecule has 0 saturated carbocycles. The van der Waals surface area contributed by atoms with Gasteiger partial charge in [-0.3, -0.25) is 4.72 Å². The third-order valence-electron chi connectivity index (χ3n) is 2.58. The van der Waals surface area contributed by atoms with Crippen molar-refractivity contribution in [1.29, 1.82) is 5.26 Å². The Bertz CT molecular complexity index is 847. The lowest BCUT2D eigenvalue weighted by atomic mass is 10.2. The summed E-state index contributed by atoms with van der Waals surface area (Å²) < 4.78 is 40.1. The number of nitrogen functional groups attached to an aromatic ring is 1. The molecular weight excluding hydrogens is 317 g/mol. The van der Waals surface area contributed by atoms with E-state index in [1.807, 2.05) is 6.07 Å². The second kappa shape index (κ2) is 5.60. The van der Waals surface area contributed by atoms with Gasteiger partial charge in [0.15, 0.2) is 0 Å². The number of nitriles is 1. The lowest BCUT2D eigenvalue weighted by molar-refractivity contribution is 0.570. The molecule has 21 heavy (non-hydrogen) atoms. The Kier molecular flexibility index (Phi) is 4.02. The Morgan fingerprint density at radius 2 is 1.95 bits per heavy atom. The Balaban J connectivity index is 2.43. The van der Waals surface area contributed by atoms with Gasteiger partial charge in [0.05, 0.1) is 16.3 Å². The van der Waals surface area contributed by atoms with Crippen LogP contribution in [0, 0.1) is 17.1 Å². The monoisotopic (exact) mass is 325 g/mol. The van der Waals surface area contributed by atoms with Crippen LogP contribution in [0.4, 0.5) is 15.8 Å². The summed E-state index contributed by atoms with van der Waals surface area (Å²) >= 11 is 5.75. The average Bonchev–Trinajstić information content (AvgIpc) is 2.43. The van der Waals surface area contributed by atoms with Crippen LogP contribution in [0.15, 0.2) is 41.3 Å². The molecule has 0 spiro atoms. The van der Waals surface area contributed by atoms with Crippen molar-refractivity contribution in [3.05, 3.63) is 52.8 Å². The van der Waals surface area contributed by atoms with Gasteiger partial charge in [0.1, 0.15) is 16.8 Å². The predicted molar refractivity (Wildman–Crippen MR) is 77.8 cm³/mol. The summed E-state index contributed by atoms with van der Waals surface area (Å²) in [6.07, 6.45) is 0. The van der Waals surface area contributed by atoms with Gasteiger partial charge in [0, 0.05) is 5.69 Å². The maximum absolute atomic E-state index is 13.6. The summed E-state index contributed by atoms with van der Waals surface area (Å²) in [5.41, 5.74) is 5.78. The van der Waals surface area contributed by atoms with Crippen molar-refractivity contribution in [2.24, 2.45) is 0 Å². The fourth-order valence-electron chi connectivity index (χ4n) is 1.61. The summed E-state index contributed by atoms with van der Waals surface area (Å²) in [4.78, 5) is -0.573. The highest BCUT2D eigenvalue weighted by Gasteiger charge is 2.20. The molecule has 0 unspecified atom stereocenters. The zero-order chi connectivity index (χ0) is 15.6. The van der Waals surface area contributed by atoms with E-state index >= 15 is 0 Å². The van der Waals surface area contributed by atoms with Crippen LogP contribution in [0.5, 0.6) is 0 Å². The average molecular weight is 326 g/mol. The van der Waals surface area contributed by atoms with Gasteiger partial charge in [-0.2, -0.15) is 5.26 Å². The van der Waals surface area contributed by atoms with Crippen LogP contribution in [0.3, 0.4) is 0 Å². The van der Waals surface area contributed by atoms with Crippen LogP contribution in [0.2, 0.25) is 5.02 Å². The molecule has 0 bridgehead atoms. The Morgan fingerprint density at radius 1 is 1.24 bits per heavy atom. The molecule has 108 valence electrons. The van der Waals surface area contributed by atoms with E-state index in [1.165, 1.54) is 24.3 Å². The lowest BCUT2D eigenvalue weighted by Crippen LogP contribution is -2.15. The number of nitrogens with one attached hydrogen (secondary N) is 1. The number of nitrogens with zero attached hydrogens (tertiary/aromatic N) is 1. The van der Waals surface area contributed by atoms with Gasteiger partial charge in [-0.1, -0.05) is 11.6 Å². The largest absolute Gasteiger partial charge is 0.399 e. The number of sulfonamides is 1. The highest BCUT2D eigenvalue weighted by molar-refractivity contribution is 7.92. The van der Waals surface area contributed by atoms with Gasteiger partial charge < -0.3 is 5.73 Å².